The predicted molar refractivity (Wildman–Crippen MR) is 76.1 cm³/mol. The molecule has 0 atom stereocenters. The number of hydrogen-bond donors (Lipinski definition) is 0. The maximum absolute atomic E-state index is 11.5. The van der Waals surface area contributed by atoms with Gasteiger partial charge in [-0.05, 0) is 35.0 Å². The van der Waals surface area contributed by atoms with E-state index in [9.17, 15) is 4.79 Å². The monoisotopic (exact) mass is 321 g/mol. The fraction of sp³-hybridized carbons (Fsp3) is 0.231. The van der Waals surface area contributed by atoms with Gasteiger partial charge in [-0.2, -0.15) is 5.10 Å². The Kier molecular flexibility index (Phi) is 2.63. The Labute approximate surface area is 117 Å². The van der Waals surface area contributed by atoms with Crippen LogP contribution in [0.2, 0.25) is 0 Å². The lowest BCUT2D eigenvalue weighted by atomic mass is 10.1. The zero-order valence-electron chi connectivity index (χ0n) is 10.8. The van der Waals surface area contributed by atoms with Crippen LogP contribution in [0.4, 0.5) is 0 Å². The molecular formula is C13H12BrN3O2. The third-order valence-corrected chi connectivity index (χ3v) is 4.16. The van der Waals surface area contributed by atoms with Crippen LogP contribution in [-0.4, -0.2) is 14.3 Å². The number of aryl methyl sites for hydroxylation is 3. The first-order valence-electron chi connectivity index (χ1n) is 5.78. The highest BCUT2D eigenvalue weighted by Gasteiger charge is 2.14. The number of aromatic nitrogens is 3. The van der Waals surface area contributed by atoms with Crippen molar-refractivity contribution in [3.63, 3.8) is 0 Å². The van der Waals surface area contributed by atoms with E-state index in [1.54, 1.807) is 7.05 Å². The van der Waals surface area contributed by atoms with Crippen LogP contribution in [0.5, 0.6) is 0 Å². The van der Waals surface area contributed by atoms with Gasteiger partial charge in [0.05, 0.1) is 21.4 Å². The van der Waals surface area contributed by atoms with E-state index in [0.717, 1.165) is 26.9 Å². The molecule has 2 heterocycles. The minimum atomic E-state index is -0.354. The van der Waals surface area contributed by atoms with Gasteiger partial charge in [-0.3, -0.25) is 9.25 Å². The van der Waals surface area contributed by atoms with Crippen LogP contribution in [0.25, 0.3) is 22.4 Å². The van der Waals surface area contributed by atoms with Crippen LogP contribution in [0, 0.1) is 6.92 Å². The van der Waals surface area contributed by atoms with Crippen LogP contribution in [0.3, 0.4) is 0 Å². The van der Waals surface area contributed by atoms with Crippen LogP contribution in [0.15, 0.2) is 31.9 Å². The van der Waals surface area contributed by atoms with E-state index >= 15 is 0 Å². The Hall–Kier alpha value is -1.82. The average molecular weight is 322 g/mol. The quantitative estimate of drug-likeness (QED) is 0.692. The van der Waals surface area contributed by atoms with Gasteiger partial charge < -0.3 is 4.42 Å². The van der Waals surface area contributed by atoms with Gasteiger partial charge in [0.25, 0.3) is 0 Å². The van der Waals surface area contributed by atoms with E-state index < -0.39 is 0 Å². The highest BCUT2D eigenvalue weighted by Crippen LogP contribution is 2.31. The molecule has 0 unspecified atom stereocenters. The summed E-state index contributed by atoms with van der Waals surface area (Å²) >= 11 is 3.54. The summed E-state index contributed by atoms with van der Waals surface area (Å²) in [5, 5.41) is 4.36. The molecule has 0 aliphatic rings. The molecule has 0 saturated heterocycles. The van der Waals surface area contributed by atoms with E-state index in [-0.39, 0.29) is 5.76 Å². The summed E-state index contributed by atoms with van der Waals surface area (Å²) in [7, 11) is 3.58. The number of rotatable bonds is 1. The highest BCUT2D eigenvalue weighted by atomic mass is 79.9. The molecule has 0 radical (unpaired) electrons. The van der Waals surface area contributed by atoms with Crippen molar-refractivity contribution < 1.29 is 4.42 Å². The standard InChI is InChI=1S/C13H12BrN3O2/c1-7-11(14)12(17(3)15-7)8-4-5-9-10(6-8)19-13(18)16(9)2/h4-6H,1-3H3. The van der Waals surface area contributed by atoms with Gasteiger partial charge in [-0.25, -0.2) is 4.79 Å². The van der Waals surface area contributed by atoms with Crippen molar-refractivity contribution in [2.75, 3.05) is 0 Å². The van der Waals surface area contributed by atoms with Crippen LogP contribution in [0.1, 0.15) is 5.69 Å². The lowest BCUT2D eigenvalue weighted by molar-refractivity contribution is 0.528. The Morgan fingerprint density at radius 1 is 1.32 bits per heavy atom. The summed E-state index contributed by atoms with van der Waals surface area (Å²) in [5.74, 6) is -0.354. The molecule has 0 fully saturated rings. The van der Waals surface area contributed by atoms with Crippen molar-refractivity contribution in [2.24, 2.45) is 14.1 Å². The summed E-state index contributed by atoms with van der Waals surface area (Å²) in [4.78, 5) is 11.5. The predicted octanol–water partition coefficient (Wildman–Crippen LogP) is 2.60. The third-order valence-electron chi connectivity index (χ3n) is 3.21. The van der Waals surface area contributed by atoms with E-state index in [0.29, 0.717) is 5.58 Å². The molecule has 0 N–H and O–H groups in total. The SMILES string of the molecule is Cc1nn(C)c(-c2ccc3c(c2)oc(=O)n3C)c1Br. The van der Waals surface area contributed by atoms with Crippen LogP contribution >= 0.6 is 15.9 Å². The first-order valence-corrected chi connectivity index (χ1v) is 6.57. The molecule has 98 valence electrons. The maximum Gasteiger partial charge on any atom is 0.419 e. The van der Waals surface area contributed by atoms with Gasteiger partial charge in [0, 0.05) is 19.7 Å². The molecule has 0 amide bonds. The molecule has 0 bridgehead atoms. The summed E-state index contributed by atoms with van der Waals surface area (Å²) in [6.45, 7) is 1.94. The van der Waals surface area contributed by atoms with Gasteiger partial charge >= 0.3 is 5.76 Å². The van der Waals surface area contributed by atoms with Gasteiger partial charge in [0.1, 0.15) is 0 Å². The van der Waals surface area contributed by atoms with Crippen LogP contribution in [-0.2, 0) is 14.1 Å². The number of benzene rings is 1. The topological polar surface area (TPSA) is 53.0 Å². The minimum Gasteiger partial charge on any atom is -0.408 e. The molecule has 19 heavy (non-hydrogen) atoms. The lowest BCUT2D eigenvalue weighted by Crippen LogP contribution is -2.08. The first kappa shape index (κ1) is 12.2. The summed E-state index contributed by atoms with van der Waals surface area (Å²) in [6.07, 6.45) is 0. The molecule has 0 aliphatic carbocycles. The Morgan fingerprint density at radius 2 is 2.05 bits per heavy atom. The van der Waals surface area contributed by atoms with Crippen molar-refractivity contribution in [3.05, 3.63) is 38.9 Å². The average Bonchev–Trinajstić information content (AvgIpc) is 2.78. The number of nitrogens with zero attached hydrogens (tertiary/aromatic N) is 3. The maximum atomic E-state index is 11.5. The van der Waals surface area contributed by atoms with Gasteiger partial charge in [0.15, 0.2) is 5.58 Å². The van der Waals surface area contributed by atoms with Crippen molar-refractivity contribution in [1.82, 2.24) is 14.3 Å². The van der Waals surface area contributed by atoms with E-state index in [2.05, 4.69) is 21.0 Å². The number of fused-ring (bicyclic) bond motifs is 1. The smallest absolute Gasteiger partial charge is 0.408 e. The number of halogens is 1. The summed E-state index contributed by atoms with van der Waals surface area (Å²) < 4.78 is 9.46. The second-order valence-corrected chi connectivity index (χ2v) is 5.27. The van der Waals surface area contributed by atoms with Crippen LogP contribution < -0.4 is 5.76 Å². The van der Waals surface area contributed by atoms with Gasteiger partial charge in [-0.1, -0.05) is 6.07 Å². The fourth-order valence-electron chi connectivity index (χ4n) is 2.23. The van der Waals surface area contributed by atoms with E-state index in [1.807, 2.05) is 36.9 Å². The Bertz CT molecular complexity index is 842. The Balaban J connectivity index is 2.29. The van der Waals surface area contributed by atoms with E-state index in [1.165, 1.54) is 4.57 Å². The molecule has 3 aromatic rings. The van der Waals surface area contributed by atoms with E-state index in [4.69, 9.17) is 4.42 Å². The fourth-order valence-corrected chi connectivity index (χ4v) is 2.79. The molecule has 1 aromatic carbocycles. The van der Waals surface area contributed by atoms with Crippen molar-refractivity contribution in [1.29, 1.82) is 0 Å². The Morgan fingerprint density at radius 3 is 2.68 bits per heavy atom. The zero-order valence-corrected chi connectivity index (χ0v) is 12.4. The molecular weight excluding hydrogens is 310 g/mol. The number of oxazole rings is 1. The number of hydrogen-bond acceptors (Lipinski definition) is 3. The first-order chi connectivity index (χ1) is 8.99. The second kappa shape index (κ2) is 4.09. The third kappa shape index (κ3) is 1.74. The molecule has 6 heteroatoms. The molecule has 5 nitrogen and oxygen atoms in total. The zero-order chi connectivity index (χ0) is 13.7. The van der Waals surface area contributed by atoms with Gasteiger partial charge in [0.2, 0.25) is 0 Å². The molecule has 0 spiro atoms. The highest BCUT2D eigenvalue weighted by molar-refractivity contribution is 9.10. The normalized spacial score (nSPS) is 11.4. The molecule has 0 aliphatic heterocycles. The minimum absolute atomic E-state index is 0.354. The summed E-state index contributed by atoms with van der Waals surface area (Å²) in [5.41, 5.74) is 4.20. The molecule has 2 aromatic heterocycles. The van der Waals surface area contributed by atoms with Gasteiger partial charge in [-0.15, -0.1) is 0 Å². The summed E-state index contributed by atoms with van der Waals surface area (Å²) in [6, 6.07) is 5.70. The van der Waals surface area contributed by atoms with Crippen molar-refractivity contribution in [2.45, 2.75) is 6.92 Å². The van der Waals surface area contributed by atoms with Crippen molar-refractivity contribution in [3.8, 4) is 11.3 Å². The molecule has 3 rings (SSSR count). The van der Waals surface area contributed by atoms with Crippen molar-refractivity contribution >= 4 is 27.0 Å². The largest absolute Gasteiger partial charge is 0.419 e. The molecule has 0 saturated carbocycles. The lowest BCUT2D eigenvalue weighted by Gasteiger charge is -2.03. The second-order valence-electron chi connectivity index (χ2n) is 4.48.